The molecule has 2 aliphatic rings. The molecule has 3 N–H and O–H groups in total. The van der Waals surface area contributed by atoms with E-state index in [0.29, 0.717) is 23.5 Å². The Bertz CT molecular complexity index is 1640. The zero-order chi connectivity index (χ0) is 28.8. The molecular weight excluding hydrogens is 546 g/mol. The molecule has 0 saturated heterocycles. The van der Waals surface area contributed by atoms with Crippen molar-refractivity contribution in [3.8, 4) is 0 Å². The van der Waals surface area contributed by atoms with Gasteiger partial charge in [0.25, 0.3) is 10.0 Å². The van der Waals surface area contributed by atoms with Crippen LogP contribution in [0.2, 0.25) is 0 Å². The SMILES string of the molecule is COC(=O)CS(=O)(=O)Nc1ccc2c(c1)S(=O)(=O)N=C(C1=C(O)c3ccccc3C(C)(CCC(C)C)C1=O)N2. The van der Waals surface area contributed by atoms with Crippen molar-refractivity contribution in [2.24, 2.45) is 10.3 Å². The first-order valence-electron chi connectivity index (χ1n) is 12.1. The molecule has 0 radical (unpaired) electrons. The van der Waals surface area contributed by atoms with E-state index < -0.39 is 43.0 Å². The number of methoxy groups -OCH3 is 1. The van der Waals surface area contributed by atoms with Gasteiger partial charge in [-0.15, -0.1) is 4.40 Å². The predicted octanol–water partition coefficient (Wildman–Crippen LogP) is 3.36. The van der Waals surface area contributed by atoms with E-state index in [9.17, 15) is 31.5 Å². The maximum absolute atomic E-state index is 13.9. The number of amidine groups is 1. The number of fused-ring (bicyclic) bond motifs is 2. The number of hydrogen-bond acceptors (Lipinski definition) is 9. The number of benzene rings is 2. The molecule has 2 aromatic rings. The zero-order valence-electron chi connectivity index (χ0n) is 21.8. The first kappa shape index (κ1) is 28.3. The number of hydrogen-bond donors (Lipinski definition) is 3. The number of carbonyl (C=O) groups excluding carboxylic acids is 2. The van der Waals surface area contributed by atoms with Gasteiger partial charge in [0.2, 0.25) is 10.0 Å². The minimum absolute atomic E-state index is 0.0340. The largest absolute Gasteiger partial charge is 0.506 e. The van der Waals surface area contributed by atoms with E-state index in [1.54, 1.807) is 31.2 Å². The lowest BCUT2D eigenvalue weighted by Gasteiger charge is -2.36. The quantitative estimate of drug-likeness (QED) is 0.400. The summed E-state index contributed by atoms with van der Waals surface area (Å²) in [6.45, 7) is 5.86. The molecule has 0 bridgehead atoms. The Labute approximate surface area is 227 Å². The van der Waals surface area contributed by atoms with Crippen LogP contribution in [0.25, 0.3) is 5.76 Å². The van der Waals surface area contributed by atoms with Crippen LogP contribution in [0.1, 0.15) is 44.7 Å². The van der Waals surface area contributed by atoms with Gasteiger partial charge in [-0.05, 0) is 49.4 Å². The lowest BCUT2D eigenvalue weighted by Crippen LogP contribution is -2.42. The highest BCUT2D eigenvalue weighted by molar-refractivity contribution is 7.93. The molecule has 1 aliphatic heterocycles. The van der Waals surface area contributed by atoms with Crippen LogP contribution in [0.4, 0.5) is 11.4 Å². The fourth-order valence-corrected chi connectivity index (χ4v) is 6.75. The van der Waals surface area contributed by atoms with Crippen LogP contribution in [0.3, 0.4) is 0 Å². The van der Waals surface area contributed by atoms with E-state index >= 15 is 0 Å². The van der Waals surface area contributed by atoms with E-state index in [1.165, 1.54) is 12.1 Å². The second-order valence-electron chi connectivity index (χ2n) is 10.1. The minimum Gasteiger partial charge on any atom is -0.506 e. The van der Waals surface area contributed by atoms with Crippen LogP contribution in [0.15, 0.2) is 57.3 Å². The van der Waals surface area contributed by atoms with E-state index in [4.69, 9.17) is 0 Å². The third-order valence-electron chi connectivity index (χ3n) is 6.73. The molecule has 208 valence electrons. The highest BCUT2D eigenvalue weighted by atomic mass is 32.2. The Morgan fingerprint density at radius 1 is 1.21 bits per heavy atom. The summed E-state index contributed by atoms with van der Waals surface area (Å²) in [5.74, 6) is -2.81. The Balaban J connectivity index is 1.76. The van der Waals surface area contributed by atoms with Gasteiger partial charge in [0.15, 0.2) is 17.4 Å². The summed E-state index contributed by atoms with van der Waals surface area (Å²) in [6.07, 6.45) is 1.20. The summed E-state index contributed by atoms with van der Waals surface area (Å²) in [6, 6.07) is 10.6. The van der Waals surface area contributed by atoms with Gasteiger partial charge in [-0.25, -0.2) is 8.42 Å². The molecule has 13 heteroatoms. The minimum atomic E-state index is -4.43. The molecule has 0 amide bonds. The highest BCUT2D eigenvalue weighted by Crippen LogP contribution is 2.44. The zero-order valence-corrected chi connectivity index (χ0v) is 23.4. The van der Waals surface area contributed by atoms with Crippen molar-refractivity contribution in [3.63, 3.8) is 0 Å². The maximum Gasteiger partial charge on any atom is 0.322 e. The van der Waals surface area contributed by atoms with Gasteiger partial charge in [0, 0.05) is 5.56 Å². The van der Waals surface area contributed by atoms with Crippen molar-refractivity contribution < 1.29 is 36.3 Å². The van der Waals surface area contributed by atoms with Crippen molar-refractivity contribution in [1.82, 2.24) is 0 Å². The second-order valence-corrected chi connectivity index (χ2v) is 13.3. The number of carbonyl (C=O) groups is 2. The molecule has 39 heavy (non-hydrogen) atoms. The number of sulfonamides is 2. The number of nitrogens with one attached hydrogen (secondary N) is 2. The van der Waals surface area contributed by atoms with Crippen molar-refractivity contribution in [3.05, 3.63) is 59.2 Å². The van der Waals surface area contributed by atoms with Crippen LogP contribution >= 0.6 is 0 Å². The summed E-state index contributed by atoms with van der Waals surface area (Å²) in [5, 5.41) is 14.0. The lowest BCUT2D eigenvalue weighted by molar-refractivity contribution is -0.137. The molecule has 0 fully saturated rings. The smallest absolute Gasteiger partial charge is 0.322 e. The number of anilines is 2. The fourth-order valence-electron chi connectivity index (χ4n) is 4.62. The van der Waals surface area contributed by atoms with Gasteiger partial charge < -0.3 is 15.2 Å². The molecular formula is C26H29N3O8S2. The summed E-state index contributed by atoms with van der Waals surface area (Å²) < 4.78 is 61.1. The molecule has 4 rings (SSSR count). The molecule has 1 aliphatic carbocycles. The number of nitrogens with zero attached hydrogens (tertiary/aromatic N) is 1. The Morgan fingerprint density at radius 2 is 1.90 bits per heavy atom. The van der Waals surface area contributed by atoms with E-state index in [1.807, 2.05) is 13.8 Å². The predicted molar refractivity (Wildman–Crippen MR) is 147 cm³/mol. The van der Waals surface area contributed by atoms with E-state index in [0.717, 1.165) is 19.6 Å². The van der Waals surface area contributed by atoms with E-state index in [-0.39, 0.29) is 33.4 Å². The van der Waals surface area contributed by atoms with Crippen LogP contribution in [0.5, 0.6) is 0 Å². The van der Waals surface area contributed by atoms with Gasteiger partial charge in [-0.1, -0.05) is 38.1 Å². The number of ether oxygens (including phenoxy) is 1. The Hall–Kier alpha value is -3.71. The van der Waals surface area contributed by atoms with Gasteiger partial charge in [-0.2, -0.15) is 8.42 Å². The van der Waals surface area contributed by atoms with Crippen molar-refractivity contribution >= 4 is 54.8 Å². The number of aliphatic hydroxyl groups excluding tert-OH is 1. The van der Waals surface area contributed by atoms with Crippen LogP contribution in [0, 0.1) is 5.92 Å². The highest BCUT2D eigenvalue weighted by Gasteiger charge is 2.46. The van der Waals surface area contributed by atoms with Crippen molar-refractivity contribution in [2.75, 3.05) is 22.9 Å². The standard InChI is InChI=1S/C26H29N3O8S2/c1-15(2)11-12-26(3)18-8-6-5-7-17(18)23(31)22(24(26)32)25-27-19-10-9-16(13-20(19)39(35,36)29-25)28-38(33,34)14-21(30)37-4/h5-10,13,15,28,31H,11-12,14H2,1-4H3,(H,27,29). The molecule has 0 saturated carbocycles. The third-order valence-corrected chi connectivity index (χ3v) is 9.21. The number of rotatable bonds is 8. The van der Waals surface area contributed by atoms with E-state index in [2.05, 4.69) is 19.2 Å². The van der Waals surface area contributed by atoms with Gasteiger partial charge in [-0.3, -0.25) is 14.3 Å². The monoisotopic (exact) mass is 575 g/mol. The number of ketones is 1. The number of esters is 1. The van der Waals surface area contributed by atoms with Crippen LogP contribution < -0.4 is 10.0 Å². The van der Waals surface area contributed by atoms with Gasteiger partial charge in [0.1, 0.15) is 16.2 Å². The second kappa shape index (κ2) is 10.1. The molecule has 1 heterocycles. The summed E-state index contributed by atoms with van der Waals surface area (Å²) in [4.78, 5) is 25.0. The molecule has 11 nitrogen and oxygen atoms in total. The van der Waals surface area contributed by atoms with Gasteiger partial charge in [0.05, 0.1) is 23.9 Å². The van der Waals surface area contributed by atoms with Crippen LogP contribution in [-0.4, -0.2) is 52.4 Å². The molecule has 0 spiro atoms. The Morgan fingerprint density at radius 3 is 2.56 bits per heavy atom. The summed E-state index contributed by atoms with van der Waals surface area (Å²) >= 11 is 0. The fraction of sp³-hybridized carbons (Fsp3) is 0.346. The third kappa shape index (κ3) is 5.41. The average Bonchev–Trinajstić information content (AvgIpc) is 2.86. The first-order valence-corrected chi connectivity index (χ1v) is 15.2. The van der Waals surface area contributed by atoms with Crippen molar-refractivity contribution in [2.45, 2.75) is 43.9 Å². The average molecular weight is 576 g/mol. The molecule has 0 aromatic heterocycles. The normalized spacial score (nSPS) is 20.0. The molecule has 1 atom stereocenters. The number of Topliss-reactive ketones (excluding diaryl/α,β-unsaturated/α-hetero) is 1. The Kier molecular flexibility index (Phi) is 7.34. The molecule has 2 aromatic carbocycles. The van der Waals surface area contributed by atoms with Gasteiger partial charge >= 0.3 is 5.97 Å². The summed E-state index contributed by atoms with van der Waals surface area (Å²) in [5.41, 5.74) is -0.281. The number of aliphatic hydroxyl groups is 1. The summed E-state index contributed by atoms with van der Waals surface area (Å²) in [7, 11) is -7.56. The van der Waals surface area contributed by atoms with Crippen molar-refractivity contribution in [1.29, 1.82) is 0 Å². The lowest BCUT2D eigenvalue weighted by atomic mass is 9.66. The maximum atomic E-state index is 13.9. The topological polar surface area (TPSA) is 168 Å². The first-order chi connectivity index (χ1) is 18.2. The molecule has 1 unspecified atom stereocenters. The van der Waals surface area contributed by atoms with Crippen LogP contribution in [-0.2, 0) is 39.8 Å².